The molecule has 1 aliphatic heterocycles. The van der Waals surface area contributed by atoms with Crippen LogP contribution in [0.2, 0.25) is 0 Å². The van der Waals surface area contributed by atoms with E-state index >= 15 is 0 Å². The minimum Gasteiger partial charge on any atom is -0.447 e. The first-order valence-corrected chi connectivity index (χ1v) is 10.7. The lowest BCUT2D eigenvalue weighted by atomic mass is 10.1. The minimum atomic E-state index is -0.426. The largest absolute Gasteiger partial charge is 0.447 e. The second-order valence-corrected chi connectivity index (χ2v) is 8.12. The SMILES string of the molecule is Cc1ccc(NC(=O)NCc2cc(CN3CCN(C(=O)OC(C)C)CC3)ccc2F)cn1. The summed E-state index contributed by atoms with van der Waals surface area (Å²) in [6, 6.07) is 8.06. The lowest BCUT2D eigenvalue weighted by Crippen LogP contribution is -2.48. The molecule has 0 spiro atoms. The molecule has 3 rings (SSSR count). The van der Waals surface area contributed by atoms with Crippen LogP contribution >= 0.6 is 0 Å². The van der Waals surface area contributed by atoms with Crippen LogP contribution < -0.4 is 10.6 Å². The van der Waals surface area contributed by atoms with Crippen LogP contribution in [-0.2, 0) is 17.8 Å². The van der Waals surface area contributed by atoms with Crippen molar-refractivity contribution in [3.63, 3.8) is 0 Å². The number of benzene rings is 1. The Morgan fingerprint density at radius 3 is 2.56 bits per heavy atom. The third-order valence-electron chi connectivity index (χ3n) is 5.09. The Hall–Kier alpha value is -3.20. The summed E-state index contributed by atoms with van der Waals surface area (Å²) in [5, 5.41) is 5.36. The molecular weight excluding hydrogens is 413 g/mol. The van der Waals surface area contributed by atoms with E-state index in [0.717, 1.165) is 11.3 Å². The molecule has 2 heterocycles. The van der Waals surface area contributed by atoms with Gasteiger partial charge in [-0.1, -0.05) is 6.07 Å². The van der Waals surface area contributed by atoms with E-state index in [1.165, 1.54) is 6.07 Å². The zero-order valence-electron chi connectivity index (χ0n) is 18.7. The summed E-state index contributed by atoms with van der Waals surface area (Å²) in [4.78, 5) is 32.2. The van der Waals surface area contributed by atoms with Gasteiger partial charge >= 0.3 is 12.1 Å². The van der Waals surface area contributed by atoms with Gasteiger partial charge < -0.3 is 20.3 Å². The molecule has 0 aliphatic carbocycles. The van der Waals surface area contributed by atoms with E-state index in [0.29, 0.717) is 44.0 Å². The molecule has 3 amide bonds. The smallest absolute Gasteiger partial charge is 0.410 e. The maximum absolute atomic E-state index is 14.3. The van der Waals surface area contributed by atoms with Gasteiger partial charge in [-0.25, -0.2) is 14.0 Å². The highest BCUT2D eigenvalue weighted by Gasteiger charge is 2.23. The third-order valence-corrected chi connectivity index (χ3v) is 5.09. The Balaban J connectivity index is 1.49. The van der Waals surface area contributed by atoms with Crippen LogP contribution in [0.25, 0.3) is 0 Å². The van der Waals surface area contributed by atoms with E-state index in [-0.39, 0.29) is 24.6 Å². The van der Waals surface area contributed by atoms with Crippen molar-refractivity contribution in [2.45, 2.75) is 40.0 Å². The fourth-order valence-corrected chi connectivity index (χ4v) is 3.38. The van der Waals surface area contributed by atoms with Crippen molar-refractivity contribution < 1.29 is 18.7 Å². The molecule has 1 aromatic carbocycles. The molecule has 2 aromatic rings. The Morgan fingerprint density at radius 2 is 1.91 bits per heavy atom. The number of aromatic nitrogens is 1. The Kier molecular flexibility index (Phi) is 7.99. The number of carbonyl (C=O) groups excluding carboxylic acids is 2. The number of amides is 3. The fourth-order valence-electron chi connectivity index (χ4n) is 3.38. The number of anilines is 1. The van der Waals surface area contributed by atoms with Crippen LogP contribution in [0.15, 0.2) is 36.5 Å². The second kappa shape index (κ2) is 10.9. The topological polar surface area (TPSA) is 86.8 Å². The number of nitrogens with zero attached hydrogens (tertiary/aromatic N) is 3. The molecule has 1 fully saturated rings. The predicted molar refractivity (Wildman–Crippen MR) is 120 cm³/mol. The number of pyridine rings is 1. The molecule has 0 saturated carbocycles. The van der Waals surface area contributed by atoms with E-state index in [9.17, 15) is 14.0 Å². The van der Waals surface area contributed by atoms with Crippen molar-refractivity contribution in [2.24, 2.45) is 0 Å². The number of carbonyl (C=O) groups is 2. The third kappa shape index (κ3) is 6.91. The first kappa shape index (κ1) is 23.5. The summed E-state index contributed by atoms with van der Waals surface area (Å²) >= 11 is 0. The predicted octanol–water partition coefficient (Wildman–Crippen LogP) is 3.51. The average molecular weight is 444 g/mol. The van der Waals surface area contributed by atoms with Gasteiger partial charge in [0.25, 0.3) is 0 Å². The zero-order valence-corrected chi connectivity index (χ0v) is 18.7. The molecule has 2 N–H and O–H groups in total. The van der Waals surface area contributed by atoms with Gasteiger partial charge in [0, 0.05) is 50.5 Å². The highest BCUT2D eigenvalue weighted by molar-refractivity contribution is 5.88. The molecule has 172 valence electrons. The van der Waals surface area contributed by atoms with E-state index in [1.807, 2.05) is 20.8 Å². The molecule has 1 aromatic heterocycles. The average Bonchev–Trinajstić information content (AvgIpc) is 2.76. The summed E-state index contributed by atoms with van der Waals surface area (Å²) in [7, 11) is 0. The summed E-state index contributed by atoms with van der Waals surface area (Å²) in [6.45, 7) is 8.85. The Morgan fingerprint density at radius 1 is 1.16 bits per heavy atom. The summed E-state index contributed by atoms with van der Waals surface area (Å²) in [6.07, 6.45) is 1.15. The van der Waals surface area contributed by atoms with E-state index in [1.54, 1.807) is 35.4 Å². The monoisotopic (exact) mass is 443 g/mol. The van der Waals surface area contributed by atoms with Gasteiger partial charge in [-0.3, -0.25) is 9.88 Å². The fraction of sp³-hybridized carbons (Fsp3) is 0.435. The molecular formula is C23H30FN5O3. The maximum atomic E-state index is 14.3. The lowest BCUT2D eigenvalue weighted by Gasteiger charge is -2.34. The van der Waals surface area contributed by atoms with Gasteiger partial charge in [-0.2, -0.15) is 0 Å². The highest BCUT2D eigenvalue weighted by Crippen LogP contribution is 2.15. The molecule has 0 atom stereocenters. The van der Waals surface area contributed by atoms with Gasteiger partial charge in [0.2, 0.25) is 0 Å². The second-order valence-electron chi connectivity index (χ2n) is 8.12. The first-order chi connectivity index (χ1) is 15.3. The van der Waals surface area contributed by atoms with Crippen LogP contribution in [0.5, 0.6) is 0 Å². The van der Waals surface area contributed by atoms with Crippen LogP contribution in [0, 0.1) is 12.7 Å². The Bertz CT molecular complexity index is 928. The van der Waals surface area contributed by atoms with Gasteiger partial charge in [-0.05, 0) is 50.6 Å². The molecule has 0 radical (unpaired) electrons. The summed E-state index contributed by atoms with van der Waals surface area (Å²) in [5.74, 6) is -0.368. The number of piperazine rings is 1. The molecule has 32 heavy (non-hydrogen) atoms. The van der Waals surface area contributed by atoms with Crippen LogP contribution in [0.3, 0.4) is 0 Å². The van der Waals surface area contributed by atoms with E-state index < -0.39 is 6.03 Å². The highest BCUT2D eigenvalue weighted by atomic mass is 19.1. The number of rotatable bonds is 6. The van der Waals surface area contributed by atoms with Gasteiger partial charge in [0.1, 0.15) is 5.82 Å². The van der Waals surface area contributed by atoms with Crippen molar-refractivity contribution in [1.82, 2.24) is 20.1 Å². The van der Waals surface area contributed by atoms with Gasteiger partial charge in [0.05, 0.1) is 18.0 Å². The van der Waals surface area contributed by atoms with Crippen LogP contribution in [-0.4, -0.2) is 59.2 Å². The van der Waals surface area contributed by atoms with E-state index in [4.69, 9.17) is 4.74 Å². The maximum Gasteiger partial charge on any atom is 0.410 e. The normalized spacial score (nSPS) is 14.3. The summed E-state index contributed by atoms with van der Waals surface area (Å²) < 4.78 is 19.5. The molecule has 0 unspecified atom stereocenters. The number of halogens is 1. The number of ether oxygens (including phenoxy) is 1. The van der Waals surface area contributed by atoms with Crippen molar-refractivity contribution in [2.75, 3.05) is 31.5 Å². The summed E-state index contributed by atoms with van der Waals surface area (Å²) in [5.41, 5.74) is 2.79. The number of hydrogen-bond donors (Lipinski definition) is 2. The standard InChI is InChI=1S/C23H30FN5O3/c1-16(2)32-23(31)29-10-8-28(9-11-29)15-18-5-7-21(24)19(12-18)13-26-22(30)27-20-6-4-17(3)25-14-20/h4-7,12,14,16H,8-11,13,15H2,1-3H3,(H2,26,27,30). The van der Waals surface area contributed by atoms with Crippen molar-refractivity contribution in [1.29, 1.82) is 0 Å². The van der Waals surface area contributed by atoms with Crippen LogP contribution in [0.4, 0.5) is 19.7 Å². The van der Waals surface area contributed by atoms with Gasteiger partial charge in [-0.15, -0.1) is 0 Å². The quantitative estimate of drug-likeness (QED) is 0.714. The first-order valence-electron chi connectivity index (χ1n) is 10.7. The molecule has 0 bridgehead atoms. The molecule has 8 nitrogen and oxygen atoms in total. The Labute approximate surface area is 187 Å². The molecule has 1 saturated heterocycles. The molecule has 9 heteroatoms. The zero-order chi connectivity index (χ0) is 23.1. The van der Waals surface area contributed by atoms with Gasteiger partial charge in [0.15, 0.2) is 0 Å². The number of aryl methyl sites for hydroxylation is 1. The number of nitrogens with one attached hydrogen (secondary N) is 2. The van der Waals surface area contributed by atoms with Crippen molar-refractivity contribution in [3.05, 3.63) is 59.2 Å². The lowest BCUT2D eigenvalue weighted by molar-refractivity contribution is 0.0559. The van der Waals surface area contributed by atoms with Crippen molar-refractivity contribution >= 4 is 17.8 Å². The van der Waals surface area contributed by atoms with Crippen molar-refractivity contribution in [3.8, 4) is 0 Å². The molecule has 1 aliphatic rings. The minimum absolute atomic E-state index is 0.0691. The number of hydrogen-bond acceptors (Lipinski definition) is 5. The van der Waals surface area contributed by atoms with E-state index in [2.05, 4.69) is 20.5 Å². The van der Waals surface area contributed by atoms with Crippen LogP contribution in [0.1, 0.15) is 30.7 Å². The number of urea groups is 1.